The van der Waals surface area contributed by atoms with Crippen molar-refractivity contribution in [1.82, 2.24) is 4.90 Å². The summed E-state index contributed by atoms with van der Waals surface area (Å²) in [6, 6.07) is 28.2. The Kier molecular flexibility index (Phi) is 6.82. The zero-order valence-corrected chi connectivity index (χ0v) is 21.0. The quantitative estimate of drug-likeness (QED) is 0.248. The van der Waals surface area contributed by atoms with E-state index in [0.717, 1.165) is 16.8 Å². The van der Waals surface area contributed by atoms with Gasteiger partial charge in [-0.15, -0.1) is 0 Å². The minimum absolute atomic E-state index is 0.122. The molecular weight excluding hydrogens is 499 g/mol. The molecule has 1 aromatic heterocycles. The second kappa shape index (κ2) is 10.2. The molecule has 0 unspecified atom stereocenters. The van der Waals surface area contributed by atoms with E-state index in [0.29, 0.717) is 31.6 Å². The molecule has 1 amide bonds. The number of rotatable bonds is 5. The molecule has 0 aliphatic carbocycles. The van der Waals surface area contributed by atoms with Crippen LogP contribution in [0, 0.1) is 0 Å². The SMILES string of the molecule is C[C@@H](c1ccccc1)N1C(=O)/C(=C\c2ccc(-c3ccc(Cl)cc3Cl)o2)SC1=Nc1ccccc1. The van der Waals surface area contributed by atoms with Gasteiger partial charge in [0, 0.05) is 16.7 Å². The van der Waals surface area contributed by atoms with E-state index in [4.69, 9.17) is 32.6 Å². The van der Waals surface area contributed by atoms with Gasteiger partial charge in [0.1, 0.15) is 11.5 Å². The lowest BCUT2D eigenvalue weighted by Gasteiger charge is -2.24. The lowest BCUT2D eigenvalue weighted by atomic mass is 10.1. The van der Waals surface area contributed by atoms with Crippen molar-refractivity contribution in [3.05, 3.63) is 117 Å². The second-order valence-corrected chi connectivity index (χ2v) is 9.78. The minimum Gasteiger partial charge on any atom is -0.457 e. The van der Waals surface area contributed by atoms with Crippen LogP contribution in [0.4, 0.5) is 5.69 Å². The Morgan fingerprint density at radius 1 is 0.943 bits per heavy atom. The third-order valence-corrected chi connectivity index (χ3v) is 7.11. The van der Waals surface area contributed by atoms with Crippen LogP contribution in [0.1, 0.15) is 24.3 Å². The molecule has 0 saturated carbocycles. The fourth-order valence-electron chi connectivity index (χ4n) is 3.79. The molecule has 1 aliphatic rings. The lowest BCUT2D eigenvalue weighted by molar-refractivity contribution is -0.123. The van der Waals surface area contributed by atoms with Crippen LogP contribution in [0.25, 0.3) is 17.4 Å². The molecule has 3 aromatic carbocycles. The average Bonchev–Trinajstić information content (AvgIpc) is 3.44. The highest BCUT2D eigenvalue weighted by Crippen LogP contribution is 2.40. The van der Waals surface area contributed by atoms with E-state index in [1.807, 2.05) is 85.8 Å². The van der Waals surface area contributed by atoms with E-state index in [1.54, 1.807) is 23.1 Å². The fourth-order valence-corrected chi connectivity index (χ4v) is 5.34. The van der Waals surface area contributed by atoms with Crippen LogP contribution in [0.15, 0.2) is 105 Å². The maximum absolute atomic E-state index is 13.6. The van der Waals surface area contributed by atoms with Crippen molar-refractivity contribution in [2.75, 3.05) is 0 Å². The number of thioether (sulfide) groups is 1. The van der Waals surface area contributed by atoms with Gasteiger partial charge < -0.3 is 4.42 Å². The van der Waals surface area contributed by atoms with Gasteiger partial charge in [-0.3, -0.25) is 9.69 Å². The van der Waals surface area contributed by atoms with Crippen molar-refractivity contribution in [2.45, 2.75) is 13.0 Å². The van der Waals surface area contributed by atoms with Gasteiger partial charge in [-0.25, -0.2) is 4.99 Å². The lowest BCUT2D eigenvalue weighted by Crippen LogP contribution is -2.32. The van der Waals surface area contributed by atoms with Crippen LogP contribution < -0.4 is 0 Å². The molecule has 0 spiro atoms. The number of amidine groups is 1. The third-order valence-electron chi connectivity index (χ3n) is 5.58. The van der Waals surface area contributed by atoms with Crippen molar-refractivity contribution in [3.8, 4) is 11.3 Å². The topological polar surface area (TPSA) is 45.8 Å². The molecule has 0 bridgehead atoms. The maximum Gasteiger partial charge on any atom is 0.267 e. The second-order valence-electron chi connectivity index (χ2n) is 7.93. The Bertz CT molecular complexity index is 1430. The van der Waals surface area contributed by atoms with Crippen LogP contribution in [-0.4, -0.2) is 16.0 Å². The van der Waals surface area contributed by atoms with Crippen molar-refractivity contribution in [3.63, 3.8) is 0 Å². The van der Waals surface area contributed by atoms with E-state index in [2.05, 4.69) is 0 Å². The van der Waals surface area contributed by atoms with Gasteiger partial charge >= 0.3 is 0 Å². The summed E-state index contributed by atoms with van der Waals surface area (Å²) in [6.07, 6.45) is 1.75. The first-order valence-electron chi connectivity index (χ1n) is 11.0. The number of carbonyl (C=O) groups excluding carboxylic acids is 1. The molecule has 5 rings (SSSR count). The molecule has 1 saturated heterocycles. The first-order chi connectivity index (χ1) is 17.0. The normalized spacial score (nSPS) is 16.9. The number of hydrogen-bond donors (Lipinski definition) is 0. The maximum atomic E-state index is 13.6. The van der Waals surface area contributed by atoms with Crippen LogP contribution >= 0.6 is 35.0 Å². The highest BCUT2D eigenvalue weighted by molar-refractivity contribution is 8.18. The third kappa shape index (κ3) is 5.08. The number of aliphatic imine (C=N–C) groups is 1. The molecule has 35 heavy (non-hydrogen) atoms. The summed E-state index contributed by atoms with van der Waals surface area (Å²) < 4.78 is 6.01. The number of hydrogen-bond acceptors (Lipinski definition) is 4. The van der Waals surface area contributed by atoms with E-state index < -0.39 is 0 Å². The fraction of sp³-hybridized carbons (Fsp3) is 0.0714. The summed E-state index contributed by atoms with van der Waals surface area (Å²) in [6.45, 7) is 2.00. The summed E-state index contributed by atoms with van der Waals surface area (Å²) in [5, 5.41) is 1.67. The number of carbonyl (C=O) groups is 1. The average molecular weight is 519 g/mol. The van der Waals surface area contributed by atoms with Gasteiger partial charge in [0.25, 0.3) is 5.91 Å². The highest BCUT2D eigenvalue weighted by atomic mass is 35.5. The summed E-state index contributed by atoms with van der Waals surface area (Å²) in [7, 11) is 0. The largest absolute Gasteiger partial charge is 0.457 e. The number of amides is 1. The van der Waals surface area contributed by atoms with Crippen molar-refractivity contribution < 1.29 is 9.21 Å². The summed E-state index contributed by atoms with van der Waals surface area (Å²) in [5.74, 6) is 1.03. The molecule has 0 radical (unpaired) electrons. The van der Waals surface area contributed by atoms with E-state index >= 15 is 0 Å². The van der Waals surface area contributed by atoms with Crippen molar-refractivity contribution >= 4 is 57.8 Å². The predicted octanol–water partition coefficient (Wildman–Crippen LogP) is 8.62. The van der Waals surface area contributed by atoms with Crippen LogP contribution in [-0.2, 0) is 4.79 Å². The Balaban J connectivity index is 1.50. The Labute approximate surface area is 217 Å². The van der Waals surface area contributed by atoms with Crippen molar-refractivity contribution in [1.29, 1.82) is 0 Å². The van der Waals surface area contributed by atoms with E-state index in [9.17, 15) is 4.79 Å². The standard InChI is InChI=1S/C28H20Cl2N2O2S/c1-18(19-8-4-2-5-9-19)32-27(33)26(35-28(32)31-21-10-6-3-7-11-21)17-22-13-15-25(34-22)23-14-12-20(29)16-24(23)30/h2-18H,1H3/b26-17+,31-28?/t18-/m0/s1. The van der Waals surface area contributed by atoms with Gasteiger partial charge in [-0.05, 0) is 66.7 Å². The van der Waals surface area contributed by atoms with Gasteiger partial charge in [0.05, 0.1) is 21.7 Å². The summed E-state index contributed by atoms with van der Waals surface area (Å²) >= 11 is 13.7. The van der Waals surface area contributed by atoms with Gasteiger partial charge in [-0.2, -0.15) is 0 Å². The highest BCUT2D eigenvalue weighted by Gasteiger charge is 2.37. The molecule has 4 aromatic rings. The number of halogens is 2. The van der Waals surface area contributed by atoms with Crippen LogP contribution in [0.3, 0.4) is 0 Å². The van der Waals surface area contributed by atoms with Crippen molar-refractivity contribution in [2.24, 2.45) is 4.99 Å². The molecule has 0 N–H and O–H groups in total. The molecule has 7 heteroatoms. The summed E-state index contributed by atoms with van der Waals surface area (Å²) in [4.78, 5) is 20.6. The molecule has 1 aliphatic heterocycles. The van der Waals surface area contributed by atoms with Gasteiger partial charge in [0.15, 0.2) is 5.17 Å². The first-order valence-corrected chi connectivity index (χ1v) is 12.5. The smallest absolute Gasteiger partial charge is 0.267 e. The Hall–Kier alpha value is -3.25. The summed E-state index contributed by atoms with van der Waals surface area (Å²) in [5.41, 5.74) is 2.55. The Morgan fingerprint density at radius 2 is 1.66 bits per heavy atom. The first kappa shape index (κ1) is 23.5. The number of para-hydroxylation sites is 1. The molecule has 1 fully saturated rings. The number of furan rings is 1. The zero-order valence-electron chi connectivity index (χ0n) is 18.7. The molecule has 174 valence electrons. The molecular formula is C28H20Cl2N2O2S. The minimum atomic E-state index is -0.190. The zero-order chi connectivity index (χ0) is 24.4. The van der Waals surface area contributed by atoms with Crippen LogP contribution in [0.5, 0.6) is 0 Å². The van der Waals surface area contributed by atoms with E-state index in [1.165, 1.54) is 11.8 Å². The van der Waals surface area contributed by atoms with Gasteiger partial charge in [0.2, 0.25) is 0 Å². The molecule has 4 nitrogen and oxygen atoms in total. The Morgan fingerprint density at radius 3 is 2.37 bits per heavy atom. The van der Waals surface area contributed by atoms with Crippen LogP contribution in [0.2, 0.25) is 10.0 Å². The molecule has 1 atom stereocenters. The number of nitrogens with zero attached hydrogens (tertiary/aromatic N) is 2. The molecule has 2 heterocycles. The number of benzene rings is 3. The van der Waals surface area contributed by atoms with Gasteiger partial charge in [-0.1, -0.05) is 71.7 Å². The monoisotopic (exact) mass is 518 g/mol. The predicted molar refractivity (Wildman–Crippen MR) is 145 cm³/mol. The van der Waals surface area contributed by atoms with E-state index in [-0.39, 0.29) is 11.9 Å².